The molecule has 2 atom stereocenters. The van der Waals surface area contributed by atoms with Crippen molar-refractivity contribution in [1.29, 1.82) is 0 Å². The molecule has 0 bridgehead atoms. The summed E-state index contributed by atoms with van der Waals surface area (Å²) in [5, 5.41) is 1.21. The molecule has 3 rings (SSSR count). The van der Waals surface area contributed by atoms with Crippen LogP contribution in [0, 0.1) is 6.92 Å². The van der Waals surface area contributed by atoms with E-state index in [1.54, 1.807) is 0 Å². The largest absolute Gasteiger partial charge is 0.253 e. The number of nitrogens with zero attached hydrogens (tertiary/aromatic N) is 1. The molecule has 0 N–H and O–H groups in total. The minimum atomic E-state index is 0.172. The first kappa shape index (κ1) is 17.7. The molecule has 0 saturated heterocycles. The van der Waals surface area contributed by atoms with E-state index in [2.05, 4.69) is 96.1 Å². The Labute approximate surface area is 152 Å². The molecule has 0 saturated carbocycles. The maximum absolute atomic E-state index is 4.92. The van der Waals surface area contributed by atoms with Gasteiger partial charge in [-0.15, -0.1) is 0 Å². The smallest absolute Gasteiger partial charge is 0.0705 e. The van der Waals surface area contributed by atoms with E-state index in [1.807, 2.05) is 0 Å². The molecule has 1 nitrogen and oxygen atoms in total. The average molecular weight is 332 g/mol. The van der Waals surface area contributed by atoms with Crippen molar-refractivity contribution >= 4 is 10.9 Å². The lowest BCUT2D eigenvalue weighted by molar-refractivity contribution is 0.579. The topological polar surface area (TPSA) is 12.9 Å². The van der Waals surface area contributed by atoms with Crippen LogP contribution in [0.1, 0.15) is 68.8 Å². The number of aromatic nitrogens is 1. The van der Waals surface area contributed by atoms with Crippen LogP contribution in [0.4, 0.5) is 0 Å². The van der Waals surface area contributed by atoms with Crippen LogP contribution in [-0.2, 0) is 5.41 Å². The lowest BCUT2D eigenvalue weighted by Crippen LogP contribution is -2.13. The number of fused-ring (bicyclic) bond motifs is 1. The number of hydrogen-bond donors (Lipinski definition) is 0. The van der Waals surface area contributed by atoms with Gasteiger partial charge in [0.05, 0.1) is 5.52 Å². The third-order valence-electron chi connectivity index (χ3n) is 5.33. The molecule has 0 aliphatic heterocycles. The van der Waals surface area contributed by atoms with Crippen LogP contribution in [0.5, 0.6) is 0 Å². The van der Waals surface area contributed by atoms with Gasteiger partial charge in [0.15, 0.2) is 0 Å². The summed E-state index contributed by atoms with van der Waals surface area (Å²) in [5.74, 6) is 0.800. The second kappa shape index (κ2) is 6.63. The van der Waals surface area contributed by atoms with E-state index >= 15 is 0 Å². The van der Waals surface area contributed by atoms with Crippen molar-refractivity contribution in [2.24, 2.45) is 0 Å². The van der Waals surface area contributed by atoms with Gasteiger partial charge in [0, 0.05) is 17.0 Å². The Morgan fingerprint density at radius 1 is 0.840 bits per heavy atom. The molecule has 0 fully saturated rings. The van der Waals surface area contributed by atoms with Gasteiger partial charge in [0.2, 0.25) is 0 Å². The molecule has 0 aliphatic rings. The highest BCUT2D eigenvalue weighted by Gasteiger charge is 2.21. The van der Waals surface area contributed by atoms with Gasteiger partial charge < -0.3 is 0 Å². The predicted octanol–water partition coefficient (Wildman–Crippen LogP) is 6.75. The Bertz CT molecular complexity index is 886. The van der Waals surface area contributed by atoms with E-state index in [4.69, 9.17) is 4.98 Å². The van der Waals surface area contributed by atoms with E-state index in [-0.39, 0.29) is 5.41 Å². The number of pyridine rings is 1. The molecule has 2 aromatic carbocycles. The molecular weight excluding hydrogens is 302 g/mol. The Morgan fingerprint density at radius 3 is 2.28 bits per heavy atom. The van der Waals surface area contributed by atoms with Crippen LogP contribution in [0.2, 0.25) is 0 Å². The van der Waals surface area contributed by atoms with Crippen molar-refractivity contribution in [1.82, 2.24) is 4.98 Å². The number of para-hydroxylation sites is 1. The summed E-state index contributed by atoms with van der Waals surface area (Å²) >= 11 is 0. The molecule has 1 aromatic heterocycles. The zero-order chi connectivity index (χ0) is 18.2. The minimum absolute atomic E-state index is 0.172. The van der Waals surface area contributed by atoms with Crippen molar-refractivity contribution in [2.45, 2.75) is 58.8 Å². The maximum atomic E-state index is 4.92. The van der Waals surface area contributed by atoms with Gasteiger partial charge in [0.25, 0.3) is 0 Å². The van der Waals surface area contributed by atoms with Crippen LogP contribution in [0.3, 0.4) is 0 Å². The lowest BCUT2D eigenvalue weighted by Gasteiger charge is -2.25. The summed E-state index contributed by atoms with van der Waals surface area (Å²) in [6, 6.07) is 19.8. The first-order valence-corrected chi connectivity index (χ1v) is 9.23. The van der Waals surface area contributed by atoms with Crippen LogP contribution < -0.4 is 0 Å². The van der Waals surface area contributed by atoms with Gasteiger partial charge in [-0.1, -0.05) is 82.6 Å². The summed E-state index contributed by atoms with van der Waals surface area (Å²) in [5.41, 5.74) is 6.59. The van der Waals surface area contributed by atoms with E-state index in [9.17, 15) is 0 Å². The Kier molecular flexibility index (Phi) is 4.69. The van der Waals surface area contributed by atoms with Gasteiger partial charge in [0.1, 0.15) is 0 Å². The first-order chi connectivity index (χ1) is 11.8. The fourth-order valence-electron chi connectivity index (χ4n) is 3.39. The van der Waals surface area contributed by atoms with Crippen molar-refractivity contribution in [3.63, 3.8) is 0 Å². The summed E-state index contributed by atoms with van der Waals surface area (Å²) in [7, 11) is 0. The fourth-order valence-corrected chi connectivity index (χ4v) is 3.39. The summed E-state index contributed by atoms with van der Waals surface area (Å²) in [4.78, 5) is 4.92. The lowest BCUT2D eigenvalue weighted by atomic mass is 9.80. The molecule has 3 aromatic rings. The monoisotopic (exact) mass is 331 g/mol. The SMILES string of the molecule is Cc1cc([C@@H](C)[C@H](C)c2ccc3ccccc3n2)cc(C(C)(C)C)c1. The van der Waals surface area contributed by atoms with Crippen LogP contribution in [0.25, 0.3) is 10.9 Å². The number of rotatable bonds is 3. The van der Waals surface area contributed by atoms with Crippen molar-refractivity contribution in [3.05, 3.63) is 77.0 Å². The zero-order valence-electron chi connectivity index (χ0n) is 16.3. The van der Waals surface area contributed by atoms with Crippen LogP contribution >= 0.6 is 0 Å². The van der Waals surface area contributed by atoms with E-state index < -0.39 is 0 Å². The van der Waals surface area contributed by atoms with Gasteiger partial charge in [-0.25, -0.2) is 0 Å². The molecule has 0 unspecified atom stereocenters. The minimum Gasteiger partial charge on any atom is -0.253 e. The first-order valence-electron chi connectivity index (χ1n) is 9.23. The molecule has 0 amide bonds. The highest BCUT2D eigenvalue weighted by molar-refractivity contribution is 5.78. The highest BCUT2D eigenvalue weighted by Crippen LogP contribution is 2.35. The van der Waals surface area contributed by atoms with Gasteiger partial charge in [-0.05, 0) is 41.5 Å². The molecule has 1 heterocycles. The van der Waals surface area contributed by atoms with E-state index in [0.717, 1.165) is 5.52 Å². The molecule has 0 spiro atoms. The Balaban J connectivity index is 1.96. The van der Waals surface area contributed by atoms with Crippen molar-refractivity contribution < 1.29 is 0 Å². The summed E-state index contributed by atoms with van der Waals surface area (Å²) in [6.07, 6.45) is 0. The van der Waals surface area contributed by atoms with E-state index in [0.29, 0.717) is 11.8 Å². The standard InChI is InChI=1S/C24H29N/c1-16-13-20(15-21(14-16)24(4,5)6)17(2)18(3)22-12-11-19-9-7-8-10-23(19)25-22/h7-15,17-18H,1-6H3/t17-,18-/m0/s1. The highest BCUT2D eigenvalue weighted by atomic mass is 14.7. The second-order valence-corrected chi connectivity index (χ2v) is 8.39. The normalized spacial score (nSPS) is 14.5. The predicted molar refractivity (Wildman–Crippen MR) is 108 cm³/mol. The molecule has 130 valence electrons. The van der Waals surface area contributed by atoms with Crippen molar-refractivity contribution in [3.8, 4) is 0 Å². The molecule has 1 heteroatoms. The number of aryl methyl sites for hydroxylation is 1. The number of hydrogen-bond acceptors (Lipinski definition) is 1. The van der Waals surface area contributed by atoms with Crippen LogP contribution in [-0.4, -0.2) is 4.98 Å². The van der Waals surface area contributed by atoms with Gasteiger partial charge >= 0.3 is 0 Å². The summed E-state index contributed by atoms with van der Waals surface area (Å²) < 4.78 is 0. The zero-order valence-corrected chi connectivity index (χ0v) is 16.3. The molecule has 0 aliphatic carbocycles. The average Bonchev–Trinajstić information content (AvgIpc) is 2.58. The summed E-state index contributed by atoms with van der Waals surface area (Å²) in [6.45, 7) is 13.7. The Morgan fingerprint density at radius 2 is 1.56 bits per heavy atom. The third-order valence-corrected chi connectivity index (χ3v) is 5.33. The third kappa shape index (κ3) is 3.76. The van der Waals surface area contributed by atoms with E-state index in [1.165, 1.54) is 27.8 Å². The number of benzene rings is 2. The van der Waals surface area contributed by atoms with Gasteiger partial charge in [-0.3, -0.25) is 4.98 Å². The van der Waals surface area contributed by atoms with Crippen molar-refractivity contribution in [2.75, 3.05) is 0 Å². The Hall–Kier alpha value is -2.15. The quantitative estimate of drug-likeness (QED) is 0.517. The maximum Gasteiger partial charge on any atom is 0.0705 e. The molecule has 0 radical (unpaired) electrons. The molecule has 25 heavy (non-hydrogen) atoms. The van der Waals surface area contributed by atoms with Crippen LogP contribution in [0.15, 0.2) is 54.6 Å². The van der Waals surface area contributed by atoms with Gasteiger partial charge in [-0.2, -0.15) is 0 Å². The second-order valence-electron chi connectivity index (χ2n) is 8.39. The fraction of sp³-hybridized carbons (Fsp3) is 0.375. The molecular formula is C24H29N.